The summed E-state index contributed by atoms with van der Waals surface area (Å²) < 4.78 is 5.40. The van der Waals surface area contributed by atoms with Crippen molar-refractivity contribution >= 4 is 0 Å². The zero-order valence-corrected chi connectivity index (χ0v) is 9.60. The van der Waals surface area contributed by atoms with E-state index in [1.165, 1.54) is 19.3 Å². The average Bonchev–Trinajstić information content (AvgIpc) is 2.12. The van der Waals surface area contributed by atoms with Crippen LogP contribution in [0.1, 0.15) is 40.0 Å². The lowest BCUT2D eigenvalue weighted by Gasteiger charge is -2.19. The Labute approximate surface area is 83.1 Å². The molecule has 80 valence electrons. The molecule has 0 aliphatic carbocycles. The first-order chi connectivity index (χ1) is 6.24. The summed E-state index contributed by atoms with van der Waals surface area (Å²) in [6, 6.07) is 0.529. The van der Waals surface area contributed by atoms with E-state index in [-0.39, 0.29) is 0 Å². The number of hydrogen-bond donors (Lipinski definition) is 1. The van der Waals surface area contributed by atoms with E-state index in [0.717, 1.165) is 19.1 Å². The third-order valence-electron chi connectivity index (χ3n) is 2.40. The van der Waals surface area contributed by atoms with Crippen molar-refractivity contribution in [3.8, 4) is 0 Å². The molecule has 0 bridgehead atoms. The van der Waals surface area contributed by atoms with Crippen molar-refractivity contribution in [1.29, 1.82) is 0 Å². The van der Waals surface area contributed by atoms with E-state index >= 15 is 0 Å². The maximum Gasteiger partial charge on any atom is 0.0619 e. The zero-order valence-electron chi connectivity index (χ0n) is 9.60. The minimum Gasteiger partial charge on any atom is -0.380 e. The molecule has 0 spiro atoms. The highest BCUT2D eigenvalue weighted by atomic mass is 16.5. The predicted octanol–water partition coefficient (Wildman–Crippen LogP) is 2.44. The molecule has 0 aromatic heterocycles. The molecule has 1 N–H and O–H groups in total. The summed E-state index contributed by atoms with van der Waals surface area (Å²) in [6.45, 7) is 8.27. The van der Waals surface area contributed by atoms with Gasteiger partial charge in [-0.1, -0.05) is 26.7 Å². The fourth-order valence-corrected chi connectivity index (χ4v) is 1.63. The van der Waals surface area contributed by atoms with Crippen LogP contribution in [0.5, 0.6) is 0 Å². The molecule has 0 heterocycles. The second kappa shape index (κ2) is 8.52. The van der Waals surface area contributed by atoms with Crippen LogP contribution in [0.25, 0.3) is 0 Å². The van der Waals surface area contributed by atoms with Crippen molar-refractivity contribution < 1.29 is 4.74 Å². The van der Waals surface area contributed by atoms with E-state index in [0.29, 0.717) is 6.04 Å². The van der Waals surface area contributed by atoms with E-state index in [4.69, 9.17) is 4.74 Å². The molecular weight excluding hydrogens is 162 g/mol. The number of likely N-dealkylation sites (N-methyl/N-ethyl adjacent to an activating group) is 1. The molecule has 2 unspecified atom stereocenters. The van der Waals surface area contributed by atoms with Crippen LogP contribution in [0.4, 0.5) is 0 Å². The second-order valence-electron chi connectivity index (χ2n) is 3.77. The van der Waals surface area contributed by atoms with Gasteiger partial charge in [-0.05, 0) is 26.3 Å². The van der Waals surface area contributed by atoms with Crippen LogP contribution in [0.2, 0.25) is 0 Å². The van der Waals surface area contributed by atoms with Crippen LogP contribution in [-0.2, 0) is 4.74 Å². The molecule has 0 fully saturated rings. The molecule has 2 heteroatoms. The summed E-state index contributed by atoms with van der Waals surface area (Å²) in [6.07, 6.45) is 3.83. The highest BCUT2D eigenvalue weighted by molar-refractivity contribution is 4.67. The van der Waals surface area contributed by atoms with E-state index in [9.17, 15) is 0 Å². The first-order valence-corrected chi connectivity index (χ1v) is 5.49. The van der Waals surface area contributed by atoms with Crippen LogP contribution >= 0.6 is 0 Å². The molecule has 0 saturated heterocycles. The lowest BCUT2D eigenvalue weighted by molar-refractivity contribution is 0.117. The predicted molar refractivity (Wildman–Crippen MR) is 58.0 cm³/mol. The smallest absolute Gasteiger partial charge is 0.0619 e. The maximum absolute atomic E-state index is 5.40. The van der Waals surface area contributed by atoms with Gasteiger partial charge < -0.3 is 10.1 Å². The van der Waals surface area contributed by atoms with Gasteiger partial charge in [0.15, 0.2) is 0 Å². The summed E-state index contributed by atoms with van der Waals surface area (Å²) in [7, 11) is 2.02. The molecular formula is C11H25NO. The highest BCUT2D eigenvalue weighted by Crippen LogP contribution is 2.12. The van der Waals surface area contributed by atoms with Gasteiger partial charge in [0, 0.05) is 12.6 Å². The quantitative estimate of drug-likeness (QED) is 0.630. The van der Waals surface area contributed by atoms with Crippen molar-refractivity contribution in [2.75, 3.05) is 20.3 Å². The lowest BCUT2D eigenvalue weighted by atomic mass is 9.98. The first-order valence-electron chi connectivity index (χ1n) is 5.49. The topological polar surface area (TPSA) is 21.3 Å². The van der Waals surface area contributed by atoms with Crippen molar-refractivity contribution in [2.24, 2.45) is 5.92 Å². The fraction of sp³-hybridized carbons (Fsp3) is 1.00. The van der Waals surface area contributed by atoms with Crippen LogP contribution in [-0.4, -0.2) is 26.3 Å². The summed E-state index contributed by atoms with van der Waals surface area (Å²) in [5.41, 5.74) is 0. The molecule has 2 nitrogen and oxygen atoms in total. The highest BCUT2D eigenvalue weighted by Gasteiger charge is 2.10. The third-order valence-corrected chi connectivity index (χ3v) is 2.40. The minimum atomic E-state index is 0.529. The third kappa shape index (κ3) is 7.03. The summed E-state index contributed by atoms with van der Waals surface area (Å²) >= 11 is 0. The summed E-state index contributed by atoms with van der Waals surface area (Å²) in [5.74, 6) is 0.808. The largest absolute Gasteiger partial charge is 0.380 e. The molecule has 0 rings (SSSR count). The van der Waals surface area contributed by atoms with Gasteiger partial charge in [-0.2, -0.15) is 0 Å². The van der Waals surface area contributed by atoms with Crippen molar-refractivity contribution in [1.82, 2.24) is 5.32 Å². The van der Waals surface area contributed by atoms with Gasteiger partial charge in [0.25, 0.3) is 0 Å². The first kappa shape index (κ1) is 12.9. The Kier molecular flexibility index (Phi) is 8.46. The monoisotopic (exact) mass is 187 g/mol. The molecule has 13 heavy (non-hydrogen) atoms. The van der Waals surface area contributed by atoms with Gasteiger partial charge in [0.05, 0.1) is 6.61 Å². The van der Waals surface area contributed by atoms with Gasteiger partial charge in [0.2, 0.25) is 0 Å². The summed E-state index contributed by atoms with van der Waals surface area (Å²) in [5, 5.41) is 3.30. The Morgan fingerprint density at radius 1 is 1.31 bits per heavy atom. The Bertz CT molecular complexity index is 106. The van der Waals surface area contributed by atoms with Crippen molar-refractivity contribution in [2.45, 2.75) is 46.1 Å². The lowest BCUT2D eigenvalue weighted by Crippen LogP contribution is -2.32. The van der Waals surface area contributed by atoms with Crippen molar-refractivity contribution in [3.05, 3.63) is 0 Å². The Hall–Kier alpha value is -0.0800. The van der Waals surface area contributed by atoms with E-state index in [2.05, 4.69) is 19.2 Å². The van der Waals surface area contributed by atoms with Crippen LogP contribution < -0.4 is 5.32 Å². The summed E-state index contributed by atoms with van der Waals surface area (Å²) in [4.78, 5) is 0. The molecule has 0 saturated carbocycles. The molecule has 0 aromatic carbocycles. The van der Waals surface area contributed by atoms with Gasteiger partial charge >= 0.3 is 0 Å². The number of nitrogens with one attached hydrogen (secondary N) is 1. The SMILES string of the molecule is CCCC(C)CC(COCC)NC. The van der Waals surface area contributed by atoms with Gasteiger partial charge in [-0.15, -0.1) is 0 Å². The Balaban J connectivity index is 3.56. The van der Waals surface area contributed by atoms with Crippen LogP contribution in [0, 0.1) is 5.92 Å². The number of hydrogen-bond acceptors (Lipinski definition) is 2. The van der Waals surface area contributed by atoms with E-state index in [1.54, 1.807) is 0 Å². The molecule has 0 aliphatic rings. The van der Waals surface area contributed by atoms with E-state index in [1.807, 2.05) is 14.0 Å². The molecule has 0 radical (unpaired) electrons. The van der Waals surface area contributed by atoms with Gasteiger partial charge in [-0.3, -0.25) is 0 Å². The van der Waals surface area contributed by atoms with Gasteiger partial charge in [-0.25, -0.2) is 0 Å². The number of rotatable bonds is 8. The van der Waals surface area contributed by atoms with E-state index < -0.39 is 0 Å². The van der Waals surface area contributed by atoms with Crippen LogP contribution in [0.3, 0.4) is 0 Å². The second-order valence-corrected chi connectivity index (χ2v) is 3.77. The van der Waals surface area contributed by atoms with Crippen LogP contribution in [0.15, 0.2) is 0 Å². The molecule has 2 atom stereocenters. The molecule has 0 aliphatic heterocycles. The standard InChI is InChI=1S/C11H25NO/c1-5-7-10(3)8-11(12-4)9-13-6-2/h10-12H,5-9H2,1-4H3. The Morgan fingerprint density at radius 3 is 2.46 bits per heavy atom. The Morgan fingerprint density at radius 2 is 2.00 bits per heavy atom. The number of ether oxygens (including phenoxy) is 1. The molecule has 0 amide bonds. The molecule has 0 aromatic rings. The average molecular weight is 187 g/mol. The maximum atomic E-state index is 5.40. The van der Waals surface area contributed by atoms with Gasteiger partial charge in [0.1, 0.15) is 0 Å². The minimum absolute atomic E-state index is 0.529. The van der Waals surface area contributed by atoms with Crippen molar-refractivity contribution in [3.63, 3.8) is 0 Å². The zero-order chi connectivity index (χ0) is 10.1. The fourth-order valence-electron chi connectivity index (χ4n) is 1.63. The normalized spacial score (nSPS) is 15.7.